The maximum Gasteiger partial charge on any atom is 0.264 e. The van der Waals surface area contributed by atoms with E-state index in [1.54, 1.807) is 0 Å². The molecule has 0 saturated heterocycles. The molecule has 0 aliphatic heterocycles. The first-order valence-electron chi connectivity index (χ1n) is 3.03. The molecule has 1 aromatic carbocycles. The molecular formula is C6HBrClF3O2S. The van der Waals surface area contributed by atoms with E-state index in [4.69, 9.17) is 10.7 Å². The minimum Gasteiger partial charge on any atom is -0.207 e. The normalized spacial score (nSPS) is 11.8. The van der Waals surface area contributed by atoms with Gasteiger partial charge in [0.1, 0.15) is 4.90 Å². The van der Waals surface area contributed by atoms with Gasteiger partial charge in [-0.1, -0.05) is 0 Å². The van der Waals surface area contributed by atoms with E-state index in [1.165, 1.54) is 0 Å². The van der Waals surface area contributed by atoms with Crippen LogP contribution in [0.2, 0.25) is 0 Å². The molecule has 1 aromatic rings. The van der Waals surface area contributed by atoms with Crippen molar-refractivity contribution in [2.24, 2.45) is 0 Å². The third kappa shape index (κ3) is 2.04. The van der Waals surface area contributed by atoms with Crippen LogP contribution in [0.1, 0.15) is 0 Å². The monoisotopic (exact) mass is 308 g/mol. The van der Waals surface area contributed by atoms with Gasteiger partial charge in [0, 0.05) is 10.7 Å². The Hall–Kier alpha value is -0.270. The van der Waals surface area contributed by atoms with E-state index in [0.717, 1.165) is 0 Å². The molecule has 0 bridgehead atoms. The largest absolute Gasteiger partial charge is 0.264 e. The minimum absolute atomic E-state index is 0.518. The smallest absolute Gasteiger partial charge is 0.207 e. The molecule has 0 unspecified atom stereocenters. The first kappa shape index (κ1) is 11.8. The van der Waals surface area contributed by atoms with Gasteiger partial charge in [0.05, 0.1) is 4.47 Å². The van der Waals surface area contributed by atoms with Crippen molar-refractivity contribution in [1.29, 1.82) is 0 Å². The molecule has 0 saturated carbocycles. The lowest BCUT2D eigenvalue weighted by Crippen LogP contribution is -2.01. The Morgan fingerprint density at radius 2 is 1.64 bits per heavy atom. The predicted octanol–water partition coefficient (Wildman–Crippen LogP) is 2.79. The second-order valence-electron chi connectivity index (χ2n) is 2.24. The van der Waals surface area contributed by atoms with Crippen molar-refractivity contribution in [2.45, 2.75) is 4.90 Å². The van der Waals surface area contributed by atoms with Crippen LogP contribution in [-0.2, 0) is 9.05 Å². The van der Waals surface area contributed by atoms with Crippen molar-refractivity contribution in [3.8, 4) is 0 Å². The highest BCUT2D eigenvalue weighted by Gasteiger charge is 2.24. The number of hydrogen-bond acceptors (Lipinski definition) is 2. The number of hydrogen-bond donors (Lipinski definition) is 0. The summed E-state index contributed by atoms with van der Waals surface area (Å²) in [4.78, 5) is -1.11. The molecule has 0 N–H and O–H groups in total. The summed E-state index contributed by atoms with van der Waals surface area (Å²) in [5.74, 6) is -5.23. The molecule has 1 rings (SSSR count). The van der Waals surface area contributed by atoms with Crippen LogP contribution >= 0.6 is 26.6 Å². The van der Waals surface area contributed by atoms with Crippen LogP contribution in [-0.4, -0.2) is 8.42 Å². The van der Waals surface area contributed by atoms with E-state index in [9.17, 15) is 21.6 Å². The van der Waals surface area contributed by atoms with Crippen LogP contribution in [0.15, 0.2) is 15.4 Å². The van der Waals surface area contributed by atoms with Crippen molar-refractivity contribution in [3.63, 3.8) is 0 Å². The summed E-state index contributed by atoms with van der Waals surface area (Å²) in [6.45, 7) is 0. The zero-order chi connectivity index (χ0) is 11.1. The highest BCUT2D eigenvalue weighted by atomic mass is 79.9. The van der Waals surface area contributed by atoms with Gasteiger partial charge in [-0.15, -0.1) is 0 Å². The second-order valence-corrected chi connectivity index (χ2v) is 5.63. The molecule has 0 atom stereocenters. The van der Waals surface area contributed by atoms with Gasteiger partial charge in [0.25, 0.3) is 9.05 Å². The zero-order valence-corrected chi connectivity index (χ0v) is 9.35. The third-order valence-electron chi connectivity index (χ3n) is 1.33. The molecule has 0 spiro atoms. The first-order chi connectivity index (χ1) is 6.25. The molecule has 0 aliphatic carbocycles. The highest BCUT2D eigenvalue weighted by molar-refractivity contribution is 9.10. The molecule has 0 amide bonds. The Morgan fingerprint density at radius 3 is 2.07 bits per heavy atom. The van der Waals surface area contributed by atoms with Crippen LogP contribution in [0, 0.1) is 17.5 Å². The van der Waals surface area contributed by atoms with E-state index >= 15 is 0 Å². The van der Waals surface area contributed by atoms with Crippen LogP contribution < -0.4 is 0 Å². The van der Waals surface area contributed by atoms with E-state index in [-0.39, 0.29) is 0 Å². The maximum absolute atomic E-state index is 12.8. The highest BCUT2D eigenvalue weighted by Crippen LogP contribution is 2.28. The molecule has 0 aromatic heterocycles. The summed E-state index contributed by atoms with van der Waals surface area (Å²) in [5, 5.41) is 0. The standard InChI is InChI=1S/C6HBrClF3O2S/c7-2-1-3(14(8,12)13)5(10)6(11)4(2)9/h1H. The van der Waals surface area contributed by atoms with E-state index in [0.29, 0.717) is 6.07 Å². The first-order valence-corrected chi connectivity index (χ1v) is 6.13. The number of benzene rings is 1. The summed E-state index contributed by atoms with van der Waals surface area (Å²) >= 11 is 2.52. The Kier molecular flexibility index (Phi) is 3.13. The van der Waals surface area contributed by atoms with Gasteiger partial charge in [-0.3, -0.25) is 0 Å². The van der Waals surface area contributed by atoms with Gasteiger partial charge < -0.3 is 0 Å². The average Bonchev–Trinajstić information content (AvgIpc) is 2.06. The van der Waals surface area contributed by atoms with E-state index < -0.39 is 35.9 Å². The molecular weight excluding hydrogens is 308 g/mol. The number of rotatable bonds is 1. The quantitative estimate of drug-likeness (QED) is 0.454. The van der Waals surface area contributed by atoms with Crippen molar-refractivity contribution in [3.05, 3.63) is 28.0 Å². The van der Waals surface area contributed by atoms with Crippen LogP contribution in [0.25, 0.3) is 0 Å². The van der Waals surface area contributed by atoms with Gasteiger partial charge in [0.2, 0.25) is 0 Å². The molecule has 78 valence electrons. The molecule has 8 heteroatoms. The fraction of sp³-hybridized carbons (Fsp3) is 0. The molecule has 2 nitrogen and oxygen atoms in total. The molecule has 0 fully saturated rings. The van der Waals surface area contributed by atoms with Crippen molar-refractivity contribution in [2.75, 3.05) is 0 Å². The number of halogens is 5. The van der Waals surface area contributed by atoms with Gasteiger partial charge in [-0.25, -0.2) is 21.6 Å². The molecule has 0 heterocycles. The third-order valence-corrected chi connectivity index (χ3v) is 3.23. The summed E-state index contributed by atoms with van der Waals surface area (Å²) in [6.07, 6.45) is 0. The summed E-state index contributed by atoms with van der Waals surface area (Å²) in [7, 11) is 0.348. The summed E-state index contributed by atoms with van der Waals surface area (Å²) < 4.78 is 59.0. The summed E-state index contributed by atoms with van der Waals surface area (Å²) in [6, 6.07) is 0.552. The maximum atomic E-state index is 12.8. The second kappa shape index (κ2) is 3.71. The lowest BCUT2D eigenvalue weighted by atomic mass is 10.3. The SMILES string of the molecule is O=S(=O)(Cl)c1cc(Br)c(F)c(F)c1F. The lowest BCUT2D eigenvalue weighted by molar-refractivity contribution is 0.430. The Morgan fingerprint density at radius 1 is 1.14 bits per heavy atom. The Labute approximate surface area is 90.2 Å². The van der Waals surface area contributed by atoms with Crippen molar-refractivity contribution in [1.82, 2.24) is 0 Å². The van der Waals surface area contributed by atoms with Crippen LogP contribution in [0.3, 0.4) is 0 Å². The fourth-order valence-electron chi connectivity index (χ4n) is 0.729. The van der Waals surface area contributed by atoms with Crippen LogP contribution in [0.4, 0.5) is 13.2 Å². The topological polar surface area (TPSA) is 34.1 Å². The van der Waals surface area contributed by atoms with Gasteiger partial charge in [-0.05, 0) is 22.0 Å². The van der Waals surface area contributed by atoms with E-state index in [1.807, 2.05) is 0 Å². The van der Waals surface area contributed by atoms with Crippen molar-refractivity contribution >= 4 is 35.7 Å². The Balaban J connectivity index is 3.66. The fourth-order valence-corrected chi connectivity index (χ4v) is 2.18. The zero-order valence-electron chi connectivity index (χ0n) is 6.19. The summed E-state index contributed by atoms with van der Waals surface area (Å²) in [5.41, 5.74) is 0. The molecule has 0 radical (unpaired) electrons. The lowest BCUT2D eigenvalue weighted by Gasteiger charge is -2.02. The Bertz CT molecular complexity index is 488. The van der Waals surface area contributed by atoms with Crippen LogP contribution in [0.5, 0.6) is 0 Å². The molecule has 14 heavy (non-hydrogen) atoms. The van der Waals surface area contributed by atoms with Gasteiger partial charge in [-0.2, -0.15) is 0 Å². The van der Waals surface area contributed by atoms with Gasteiger partial charge in [0.15, 0.2) is 17.5 Å². The predicted molar refractivity (Wildman–Crippen MR) is 47.1 cm³/mol. The van der Waals surface area contributed by atoms with Crippen molar-refractivity contribution < 1.29 is 21.6 Å². The van der Waals surface area contributed by atoms with Gasteiger partial charge >= 0.3 is 0 Å². The molecule has 0 aliphatic rings. The van der Waals surface area contributed by atoms with E-state index in [2.05, 4.69) is 15.9 Å². The minimum atomic E-state index is -4.43. The average molecular weight is 309 g/mol.